The van der Waals surface area contributed by atoms with Crippen molar-refractivity contribution in [1.29, 1.82) is 0 Å². The molecule has 0 aliphatic rings. The largest absolute Gasteiger partial charge is 0.382 e. The maximum absolute atomic E-state index is 13.2. The average Bonchev–Trinajstić information content (AvgIpc) is 2.44. The number of carbonyl (C=O) groups excluding carboxylic acids is 1. The van der Waals surface area contributed by atoms with Crippen molar-refractivity contribution >= 4 is 11.7 Å². The van der Waals surface area contributed by atoms with Crippen LogP contribution < -0.4 is 5.73 Å². The van der Waals surface area contributed by atoms with Gasteiger partial charge in [0, 0.05) is 25.5 Å². The van der Waals surface area contributed by atoms with Crippen molar-refractivity contribution in [3.63, 3.8) is 0 Å². The Labute approximate surface area is 116 Å². The monoisotopic (exact) mass is 274 g/mol. The van der Waals surface area contributed by atoms with Crippen LogP contribution >= 0.6 is 0 Å². The second kappa shape index (κ2) is 6.10. The van der Waals surface area contributed by atoms with Gasteiger partial charge in [0.1, 0.15) is 5.82 Å². The van der Waals surface area contributed by atoms with Gasteiger partial charge in [-0.15, -0.1) is 0 Å². The molecule has 1 heterocycles. The molecule has 2 N–H and O–H groups in total. The first-order valence-corrected chi connectivity index (χ1v) is 6.22. The van der Waals surface area contributed by atoms with Crippen molar-refractivity contribution < 1.29 is 9.18 Å². The first-order valence-electron chi connectivity index (χ1n) is 6.22. The fourth-order valence-corrected chi connectivity index (χ4v) is 1.85. The molecule has 0 aliphatic carbocycles. The van der Waals surface area contributed by atoms with Crippen LogP contribution in [0.2, 0.25) is 0 Å². The molecular weight excluding hydrogens is 259 g/mol. The zero-order chi connectivity index (χ0) is 14.5. The quantitative estimate of drug-likeness (QED) is 0.923. The molecule has 0 aliphatic heterocycles. The van der Waals surface area contributed by atoms with Gasteiger partial charge in [0.05, 0.1) is 0 Å². The number of hydrogen-bond acceptors (Lipinski definition) is 4. The third-order valence-corrected chi connectivity index (χ3v) is 2.86. The van der Waals surface area contributed by atoms with Crippen LogP contribution in [0, 0.1) is 5.82 Å². The number of carbonyl (C=O) groups is 1. The summed E-state index contributed by atoms with van der Waals surface area (Å²) < 4.78 is 13.2. The number of amides is 1. The molecule has 2 rings (SSSR count). The third-order valence-electron chi connectivity index (χ3n) is 2.86. The Bertz CT molecular complexity index is 618. The Morgan fingerprint density at radius 1 is 1.35 bits per heavy atom. The number of hydrogen-bond donors (Lipinski definition) is 1. The first kappa shape index (κ1) is 13.9. The molecule has 1 aromatic carbocycles. The van der Waals surface area contributed by atoms with Crippen LogP contribution in [0.5, 0.6) is 0 Å². The Kier molecular flexibility index (Phi) is 4.24. The summed E-state index contributed by atoms with van der Waals surface area (Å²) in [7, 11) is 0. The highest BCUT2D eigenvalue weighted by Gasteiger charge is 2.19. The molecule has 0 spiro atoms. The van der Waals surface area contributed by atoms with Crippen LogP contribution in [0.1, 0.15) is 23.0 Å². The smallest absolute Gasteiger partial charge is 0.276 e. The number of aromatic nitrogens is 2. The molecule has 1 amide bonds. The van der Waals surface area contributed by atoms with E-state index in [1.54, 1.807) is 12.1 Å². The van der Waals surface area contributed by atoms with Crippen LogP contribution in [0.15, 0.2) is 36.7 Å². The SMILES string of the molecule is CCN(Cc1cccc(F)c1)C(=O)c1nccnc1N. The Morgan fingerprint density at radius 3 is 2.75 bits per heavy atom. The van der Waals surface area contributed by atoms with Crippen LogP contribution in [-0.4, -0.2) is 27.3 Å². The summed E-state index contributed by atoms with van der Waals surface area (Å²) in [6.45, 7) is 2.60. The van der Waals surface area contributed by atoms with E-state index in [4.69, 9.17) is 5.73 Å². The van der Waals surface area contributed by atoms with Crippen molar-refractivity contribution in [2.24, 2.45) is 0 Å². The van der Waals surface area contributed by atoms with E-state index in [-0.39, 0.29) is 23.2 Å². The predicted molar refractivity (Wildman–Crippen MR) is 73.3 cm³/mol. The lowest BCUT2D eigenvalue weighted by Crippen LogP contribution is -2.31. The highest BCUT2D eigenvalue weighted by Crippen LogP contribution is 2.12. The molecule has 2 aromatic rings. The van der Waals surface area contributed by atoms with Gasteiger partial charge in [0.25, 0.3) is 5.91 Å². The number of benzene rings is 1. The molecule has 5 nitrogen and oxygen atoms in total. The average molecular weight is 274 g/mol. The predicted octanol–water partition coefficient (Wildman–Crippen LogP) is 1.86. The molecule has 0 saturated heterocycles. The number of nitrogens with zero attached hydrogens (tertiary/aromatic N) is 3. The topological polar surface area (TPSA) is 72.1 Å². The lowest BCUT2D eigenvalue weighted by atomic mass is 10.2. The van der Waals surface area contributed by atoms with E-state index in [9.17, 15) is 9.18 Å². The normalized spacial score (nSPS) is 10.3. The van der Waals surface area contributed by atoms with E-state index < -0.39 is 0 Å². The molecule has 0 radical (unpaired) electrons. The zero-order valence-electron chi connectivity index (χ0n) is 11.1. The van der Waals surface area contributed by atoms with Gasteiger partial charge in [-0.25, -0.2) is 14.4 Å². The number of anilines is 1. The van der Waals surface area contributed by atoms with Gasteiger partial charge in [-0.3, -0.25) is 4.79 Å². The Balaban J connectivity index is 2.20. The van der Waals surface area contributed by atoms with Crippen LogP contribution in [-0.2, 0) is 6.54 Å². The lowest BCUT2D eigenvalue weighted by Gasteiger charge is -2.20. The molecule has 104 valence electrons. The first-order chi connectivity index (χ1) is 9.61. The molecule has 20 heavy (non-hydrogen) atoms. The molecule has 1 aromatic heterocycles. The third kappa shape index (κ3) is 3.09. The summed E-state index contributed by atoms with van der Waals surface area (Å²) in [5.41, 5.74) is 6.48. The highest BCUT2D eigenvalue weighted by atomic mass is 19.1. The van der Waals surface area contributed by atoms with Gasteiger partial charge >= 0.3 is 0 Å². The number of nitrogens with two attached hydrogens (primary N) is 1. The van der Waals surface area contributed by atoms with E-state index in [0.717, 1.165) is 0 Å². The molecular formula is C14H15FN4O. The van der Waals surface area contributed by atoms with E-state index in [0.29, 0.717) is 18.7 Å². The summed E-state index contributed by atoms with van der Waals surface area (Å²) in [4.78, 5) is 21.7. The minimum absolute atomic E-state index is 0.0928. The van der Waals surface area contributed by atoms with Crippen LogP contribution in [0.3, 0.4) is 0 Å². The zero-order valence-corrected chi connectivity index (χ0v) is 11.1. The van der Waals surface area contributed by atoms with Gasteiger partial charge in [-0.05, 0) is 24.6 Å². The van der Waals surface area contributed by atoms with E-state index >= 15 is 0 Å². The molecule has 0 unspecified atom stereocenters. The summed E-state index contributed by atoms with van der Waals surface area (Å²) in [6.07, 6.45) is 2.84. The minimum Gasteiger partial charge on any atom is -0.382 e. The fraction of sp³-hybridized carbons (Fsp3) is 0.214. The molecule has 0 fully saturated rings. The standard InChI is InChI=1S/C14H15FN4O/c1-2-19(9-10-4-3-5-11(15)8-10)14(20)12-13(16)18-7-6-17-12/h3-8H,2,9H2,1H3,(H2,16,18). The number of nitrogen functional groups attached to an aromatic ring is 1. The highest BCUT2D eigenvalue weighted by molar-refractivity contribution is 5.96. The van der Waals surface area contributed by atoms with Crippen molar-refractivity contribution in [2.75, 3.05) is 12.3 Å². The summed E-state index contributed by atoms with van der Waals surface area (Å²) in [6, 6.07) is 6.14. The van der Waals surface area contributed by atoms with Crippen molar-refractivity contribution in [1.82, 2.24) is 14.9 Å². The summed E-state index contributed by atoms with van der Waals surface area (Å²) in [5, 5.41) is 0. The Morgan fingerprint density at radius 2 is 2.10 bits per heavy atom. The Hall–Kier alpha value is -2.50. The molecule has 6 heteroatoms. The maximum Gasteiger partial charge on any atom is 0.276 e. The number of halogens is 1. The minimum atomic E-state index is -0.329. The second-order valence-corrected chi connectivity index (χ2v) is 4.24. The van der Waals surface area contributed by atoms with Gasteiger partial charge in [0.2, 0.25) is 0 Å². The number of rotatable bonds is 4. The van der Waals surface area contributed by atoms with Crippen molar-refractivity contribution in [3.05, 3.63) is 53.7 Å². The van der Waals surface area contributed by atoms with Crippen LogP contribution in [0.25, 0.3) is 0 Å². The van der Waals surface area contributed by atoms with Gasteiger partial charge < -0.3 is 10.6 Å². The van der Waals surface area contributed by atoms with Gasteiger partial charge in [-0.1, -0.05) is 12.1 Å². The second-order valence-electron chi connectivity index (χ2n) is 4.24. The van der Waals surface area contributed by atoms with E-state index in [2.05, 4.69) is 9.97 Å². The molecule has 0 saturated carbocycles. The fourth-order valence-electron chi connectivity index (χ4n) is 1.85. The molecule has 0 atom stereocenters. The van der Waals surface area contributed by atoms with E-state index in [1.165, 1.54) is 29.4 Å². The molecule has 0 bridgehead atoms. The van der Waals surface area contributed by atoms with Crippen molar-refractivity contribution in [2.45, 2.75) is 13.5 Å². The summed E-state index contributed by atoms with van der Waals surface area (Å²) in [5.74, 6) is -0.553. The lowest BCUT2D eigenvalue weighted by molar-refractivity contribution is 0.0747. The summed E-state index contributed by atoms with van der Waals surface area (Å²) >= 11 is 0. The van der Waals surface area contributed by atoms with Crippen LogP contribution in [0.4, 0.5) is 10.2 Å². The van der Waals surface area contributed by atoms with Gasteiger partial charge in [0.15, 0.2) is 11.5 Å². The van der Waals surface area contributed by atoms with Gasteiger partial charge in [-0.2, -0.15) is 0 Å². The maximum atomic E-state index is 13.2. The van der Waals surface area contributed by atoms with Crippen molar-refractivity contribution in [3.8, 4) is 0 Å². The van der Waals surface area contributed by atoms with E-state index in [1.807, 2.05) is 6.92 Å².